The number of nitrogens with one attached hydrogen (secondary N) is 2. The molecule has 4 nitrogen and oxygen atoms in total. The van der Waals surface area contributed by atoms with Crippen LogP contribution in [0.25, 0.3) is 0 Å². The Labute approximate surface area is 113 Å². The van der Waals surface area contributed by atoms with Gasteiger partial charge in [-0.1, -0.05) is 19.3 Å². The minimum absolute atomic E-state index is 0.0386. The zero-order valence-corrected chi connectivity index (χ0v) is 11.3. The molecule has 0 saturated heterocycles. The second-order valence-electron chi connectivity index (χ2n) is 7.09. The van der Waals surface area contributed by atoms with E-state index in [2.05, 4.69) is 10.9 Å². The molecule has 4 saturated carbocycles. The van der Waals surface area contributed by atoms with Gasteiger partial charge in [0.2, 0.25) is 11.8 Å². The van der Waals surface area contributed by atoms with Gasteiger partial charge in [0.05, 0.1) is 0 Å². The lowest BCUT2D eigenvalue weighted by molar-refractivity contribution is -0.131. The van der Waals surface area contributed by atoms with E-state index in [9.17, 15) is 9.59 Å². The van der Waals surface area contributed by atoms with Gasteiger partial charge in [-0.05, 0) is 49.4 Å². The molecule has 19 heavy (non-hydrogen) atoms. The number of hydrogen-bond acceptors (Lipinski definition) is 2. The first-order chi connectivity index (χ1) is 9.21. The first-order valence-electron chi connectivity index (χ1n) is 7.81. The van der Waals surface area contributed by atoms with E-state index in [1.807, 2.05) is 0 Å². The second-order valence-corrected chi connectivity index (χ2v) is 7.09. The highest BCUT2D eigenvalue weighted by atomic mass is 16.2. The summed E-state index contributed by atoms with van der Waals surface area (Å²) in [6.07, 6.45) is 9.62. The molecule has 4 heteroatoms. The number of hydrazine groups is 1. The van der Waals surface area contributed by atoms with Gasteiger partial charge in [-0.25, -0.2) is 0 Å². The molecule has 4 aliphatic carbocycles. The number of carbonyl (C=O) groups excluding carboxylic acids is 2. The van der Waals surface area contributed by atoms with Crippen molar-refractivity contribution in [1.29, 1.82) is 0 Å². The van der Waals surface area contributed by atoms with Crippen LogP contribution >= 0.6 is 0 Å². The van der Waals surface area contributed by atoms with E-state index in [0.717, 1.165) is 6.42 Å². The Bertz CT molecular complexity index is 418. The highest BCUT2D eigenvalue weighted by Crippen LogP contribution is 2.65. The molecule has 2 amide bonds. The van der Waals surface area contributed by atoms with Gasteiger partial charge in [0.15, 0.2) is 0 Å². The first kappa shape index (κ1) is 11.7. The van der Waals surface area contributed by atoms with Crippen molar-refractivity contribution >= 4 is 11.8 Å². The predicted octanol–water partition coefficient (Wildman–Crippen LogP) is 1.76. The molecule has 4 fully saturated rings. The maximum atomic E-state index is 12.0. The molecule has 104 valence electrons. The molecule has 0 aliphatic heterocycles. The molecule has 4 rings (SSSR count). The van der Waals surface area contributed by atoms with Crippen molar-refractivity contribution < 1.29 is 9.59 Å². The van der Waals surface area contributed by atoms with E-state index in [1.165, 1.54) is 44.9 Å². The molecule has 0 aromatic rings. The van der Waals surface area contributed by atoms with E-state index in [1.54, 1.807) is 0 Å². The minimum atomic E-state index is 0.0386. The van der Waals surface area contributed by atoms with Crippen molar-refractivity contribution in [3.8, 4) is 0 Å². The molecule has 1 unspecified atom stereocenters. The van der Waals surface area contributed by atoms with Crippen LogP contribution in [0, 0.1) is 29.1 Å². The van der Waals surface area contributed by atoms with Gasteiger partial charge in [0.25, 0.3) is 0 Å². The Morgan fingerprint density at radius 1 is 0.895 bits per heavy atom. The number of hydrogen-bond donors (Lipinski definition) is 2. The normalized spacial score (nSPS) is 40.8. The molecule has 0 aromatic heterocycles. The second kappa shape index (κ2) is 3.97. The van der Waals surface area contributed by atoms with Gasteiger partial charge in [0, 0.05) is 11.8 Å². The van der Waals surface area contributed by atoms with Crippen molar-refractivity contribution in [3.63, 3.8) is 0 Å². The Kier molecular flexibility index (Phi) is 2.45. The molecule has 4 aliphatic rings. The van der Waals surface area contributed by atoms with E-state index in [4.69, 9.17) is 0 Å². The topological polar surface area (TPSA) is 58.2 Å². The number of carbonyl (C=O) groups is 2. The number of rotatable bonds is 2. The molecule has 1 spiro atoms. The summed E-state index contributed by atoms with van der Waals surface area (Å²) in [4.78, 5) is 24.0. The summed E-state index contributed by atoms with van der Waals surface area (Å²) < 4.78 is 0. The fraction of sp³-hybridized carbons (Fsp3) is 0.867. The summed E-state index contributed by atoms with van der Waals surface area (Å²) >= 11 is 0. The summed E-state index contributed by atoms with van der Waals surface area (Å²) in [7, 11) is 0. The lowest BCUT2D eigenvalue weighted by atomic mass is 9.80. The Morgan fingerprint density at radius 2 is 1.53 bits per heavy atom. The highest BCUT2D eigenvalue weighted by Gasteiger charge is 2.61. The summed E-state index contributed by atoms with van der Waals surface area (Å²) in [5.74, 6) is 1.64. The van der Waals surface area contributed by atoms with E-state index < -0.39 is 0 Å². The highest BCUT2D eigenvalue weighted by molar-refractivity contribution is 5.88. The molecule has 0 radical (unpaired) electrons. The van der Waals surface area contributed by atoms with Crippen LogP contribution in [-0.2, 0) is 9.59 Å². The fourth-order valence-electron chi connectivity index (χ4n) is 4.58. The summed E-state index contributed by atoms with van der Waals surface area (Å²) in [6, 6.07) is 0. The van der Waals surface area contributed by atoms with Crippen LogP contribution in [0.15, 0.2) is 0 Å². The van der Waals surface area contributed by atoms with Crippen molar-refractivity contribution in [2.75, 3.05) is 0 Å². The summed E-state index contributed by atoms with van der Waals surface area (Å²) in [5.41, 5.74) is 5.67. The first-order valence-corrected chi connectivity index (χ1v) is 7.81. The van der Waals surface area contributed by atoms with Gasteiger partial charge in [-0.15, -0.1) is 0 Å². The average Bonchev–Trinajstić information content (AvgIpc) is 3.24. The maximum absolute atomic E-state index is 12.0. The SMILES string of the molecule is O=C(NNC(=O)[C@H]1CC12CCC2)C1[C@H]2CCCC[C@@H]12. The van der Waals surface area contributed by atoms with Gasteiger partial charge in [0.1, 0.15) is 0 Å². The number of amides is 2. The maximum Gasteiger partial charge on any atom is 0.242 e. The molecule has 4 atom stereocenters. The Balaban J connectivity index is 1.24. The fourth-order valence-corrected chi connectivity index (χ4v) is 4.58. The number of fused-ring (bicyclic) bond motifs is 1. The smallest absolute Gasteiger partial charge is 0.242 e. The molecule has 0 heterocycles. The lowest BCUT2D eigenvalue weighted by Crippen LogP contribution is -2.44. The largest absolute Gasteiger partial charge is 0.273 e. The van der Waals surface area contributed by atoms with E-state index in [-0.39, 0.29) is 23.7 Å². The predicted molar refractivity (Wildman–Crippen MR) is 69.6 cm³/mol. The molecular weight excluding hydrogens is 240 g/mol. The third-order valence-electron chi connectivity index (χ3n) is 6.12. The zero-order valence-electron chi connectivity index (χ0n) is 11.3. The van der Waals surface area contributed by atoms with Crippen LogP contribution in [0.4, 0.5) is 0 Å². The minimum Gasteiger partial charge on any atom is -0.273 e. The van der Waals surface area contributed by atoms with Gasteiger partial charge in [-0.2, -0.15) is 0 Å². The van der Waals surface area contributed by atoms with Gasteiger partial charge < -0.3 is 0 Å². The summed E-state index contributed by atoms with van der Waals surface area (Å²) in [6.45, 7) is 0. The van der Waals surface area contributed by atoms with Crippen LogP contribution < -0.4 is 10.9 Å². The van der Waals surface area contributed by atoms with Crippen molar-refractivity contribution in [1.82, 2.24) is 10.9 Å². The quantitative estimate of drug-likeness (QED) is 0.745. The van der Waals surface area contributed by atoms with Crippen molar-refractivity contribution in [2.24, 2.45) is 29.1 Å². The third kappa shape index (κ3) is 1.79. The molecule has 0 bridgehead atoms. The van der Waals surface area contributed by atoms with Gasteiger partial charge >= 0.3 is 0 Å². The Morgan fingerprint density at radius 3 is 2.05 bits per heavy atom. The zero-order chi connectivity index (χ0) is 13.0. The lowest BCUT2D eigenvalue weighted by Gasteiger charge is -2.26. The molecular formula is C15H22N2O2. The summed E-state index contributed by atoms with van der Waals surface area (Å²) in [5, 5.41) is 0. The van der Waals surface area contributed by atoms with Crippen LogP contribution in [0.5, 0.6) is 0 Å². The van der Waals surface area contributed by atoms with Crippen molar-refractivity contribution in [3.05, 3.63) is 0 Å². The van der Waals surface area contributed by atoms with Crippen molar-refractivity contribution in [2.45, 2.75) is 51.4 Å². The van der Waals surface area contributed by atoms with E-state index >= 15 is 0 Å². The van der Waals surface area contributed by atoms with Crippen LogP contribution in [0.2, 0.25) is 0 Å². The average molecular weight is 262 g/mol. The van der Waals surface area contributed by atoms with Crippen LogP contribution in [-0.4, -0.2) is 11.8 Å². The standard InChI is InChI=1S/C15H22N2O2/c18-13(11-8-15(11)6-3-7-15)16-17-14(19)12-9-4-1-2-5-10(9)12/h9-12H,1-8H2,(H,16,18)(H,17,19)/t9-,10+,11-,12?/m1/s1. The van der Waals surface area contributed by atoms with E-state index in [0.29, 0.717) is 17.3 Å². The van der Waals surface area contributed by atoms with Crippen LogP contribution in [0.1, 0.15) is 51.4 Å². The monoisotopic (exact) mass is 262 g/mol. The van der Waals surface area contributed by atoms with Crippen LogP contribution in [0.3, 0.4) is 0 Å². The van der Waals surface area contributed by atoms with Gasteiger partial charge in [-0.3, -0.25) is 20.4 Å². The molecule has 2 N–H and O–H groups in total. The third-order valence-corrected chi connectivity index (χ3v) is 6.12. The molecule has 0 aromatic carbocycles. The Hall–Kier alpha value is -1.06.